The number of carbonyl (C=O) groups is 1. The first kappa shape index (κ1) is 23.6. The standard InChI is InChI=1S/C22H34ClN9O/c1-16-19(15-32(28-16)17-6-12-29(2)13-7-17)26-21-25-14-18(23)20(27-21)24-8-4-10-31-11-5-9-30(3)22(31)33/h14-15,17H,4-13H2,1-3H3,(H2,24,25,26,27). The molecule has 0 saturated carbocycles. The number of halogens is 1. The first-order valence-corrected chi connectivity index (χ1v) is 12.1. The van der Waals surface area contributed by atoms with E-state index in [1.54, 1.807) is 11.1 Å². The van der Waals surface area contributed by atoms with Gasteiger partial charge in [0.25, 0.3) is 0 Å². The van der Waals surface area contributed by atoms with Crippen molar-refractivity contribution in [3.63, 3.8) is 0 Å². The lowest BCUT2D eigenvalue weighted by Gasteiger charge is -2.33. The quantitative estimate of drug-likeness (QED) is 0.566. The van der Waals surface area contributed by atoms with Gasteiger partial charge in [-0.15, -0.1) is 0 Å². The van der Waals surface area contributed by atoms with Crippen molar-refractivity contribution in [3.05, 3.63) is 23.1 Å². The zero-order chi connectivity index (χ0) is 23.4. The second-order valence-electron chi connectivity index (χ2n) is 8.98. The van der Waals surface area contributed by atoms with Crippen molar-refractivity contribution < 1.29 is 4.79 Å². The van der Waals surface area contributed by atoms with Gasteiger partial charge in [-0.3, -0.25) is 4.68 Å². The van der Waals surface area contributed by atoms with Crippen molar-refractivity contribution >= 4 is 35.1 Å². The molecule has 2 fully saturated rings. The van der Waals surface area contributed by atoms with E-state index in [9.17, 15) is 4.79 Å². The molecule has 2 amide bonds. The molecule has 4 rings (SSSR count). The van der Waals surface area contributed by atoms with Crippen molar-refractivity contribution in [2.24, 2.45) is 0 Å². The molecule has 11 heteroatoms. The zero-order valence-corrected chi connectivity index (χ0v) is 20.5. The molecular weight excluding hydrogens is 442 g/mol. The van der Waals surface area contributed by atoms with Gasteiger partial charge in [-0.25, -0.2) is 9.78 Å². The number of urea groups is 1. The van der Waals surface area contributed by atoms with Crippen LogP contribution in [0.25, 0.3) is 0 Å². The summed E-state index contributed by atoms with van der Waals surface area (Å²) in [7, 11) is 4.01. The number of carbonyl (C=O) groups excluding carboxylic acids is 1. The van der Waals surface area contributed by atoms with Crippen LogP contribution >= 0.6 is 11.6 Å². The number of aromatic nitrogens is 4. The molecule has 0 aliphatic carbocycles. The Morgan fingerprint density at radius 1 is 1.18 bits per heavy atom. The molecule has 2 aromatic rings. The maximum Gasteiger partial charge on any atom is 0.319 e. The van der Waals surface area contributed by atoms with E-state index in [0.29, 0.717) is 35.9 Å². The lowest BCUT2D eigenvalue weighted by Crippen LogP contribution is -2.47. The molecule has 2 aliphatic heterocycles. The molecule has 180 valence electrons. The molecule has 33 heavy (non-hydrogen) atoms. The maximum atomic E-state index is 12.2. The topological polar surface area (TPSA) is 94.5 Å². The Labute approximate surface area is 200 Å². The highest BCUT2D eigenvalue weighted by Gasteiger charge is 2.22. The van der Waals surface area contributed by atoms with Crippen LogP contribution in [0.1, 0.15) is 37.4 Å². The lowest BCUT2D eigenvalue weighted by atomic mass is 10.1. The highest BCUT2D eigenvalue weighted by molar-refractivity contribution is 6.32. The molecule has 0 atom stereocenters. The van der Waals surface area contributed by atoms with Crippen molar-refractivity contribution in [2.75, 3.05) is 64.0 Å². The van der Waals surface area contributed by atoms with Gasteiger partial charge < -0.3 is 25.3 Å². The number of hydrogen-bond acceptors (Lipinski definition) is 7. The third-order valence-corrected chi connectivity index (χ3v) is 6.66. The van der Waals surface area contributed by atoms with Crippen LogP contribution in [-0.4, -0.2) is 93.8 Å². The fraction of sp³-hybridized carbons (Fsp3) is 0.636. The number of amides is 2. The zero-order valence-electron chi connectivity index (χ0n) is 19.7. The summed E-state index contributed by atoms with van der Waals surface area (Å²) in [6, 6.07) is 0.523. The van der Waals surface area contributed by atoms with Crippen molar-refractivity contribution in [1.29, 1.82) is 0 Å². The number of hydrogen-bond donors (Lipinski definition) is 2. The highest BCUT2D eigenvalue weighted by Crippen LogP contribution is 2.26. The average Bonchev–Trinajstić information content (AvgIpc) is 3.16. The maximum absolute atomic E-state index is 12.2. The van der Waals surface area contributed by atoms with Crippen LogP contribution in [0.15, 0.2) is 12.4 Å². The fourth-order valence-corrected chi connectivity index (χ4v) is 4.50. The number of likely N-dealkylation sites (tertiary alicyclic amines) is 1. The normalized spacial score (nSPS) is 18.1. The molecule has 2 aromatic heterocycles. The number of aryl methyl sites for hydroxylation is 1. The van der Waals surface area contributed by atoms with Gasteiger partial charge in [0.15, 0.2) is 0 Å². The Bertz CT molecular complexity index is 957. The largest absolute Gasteiger partial charge is 0.369 e. The van der Waals surface area contributed by atoms with E-state index in [1.165, 1.54) is 0 Å². The molecule has 2 aliphatic rings. The van der Waals surface area contributed by atoms with Gasteiger partial charge in [-0.05, 0) is 52.7 Å². The number of nitrogens with zero attached hydrogens (tertiary/aromatic N) is 7. The van der Waals surface area contributed by atoms with E-state index in [1.807, 2.05) is 25.1 Å². The SMILES string of the molecule is Cc1nn(C2CCN(C)CC2)cc1Nc1ncc(Cl)c(NCCCN2CCCN(C)C2=O)n1. The summed E-state index contributed by atoms with van der Waals surface area (Å²) in [6.07, 6.45) is 7.66. The van der Waals surface area contributed by atoms with Crippen LogP contribution in [0, 0.1) is 6.92 Å². The van der Waals surface area contributed by atoms with Crippen molar-refractivity contribution in [2.45, 2.75) is 38.6 Å². The molecule has 0 bridgehead atoms. The van der Waals surface area contributed by atoms with Crippen molar-refractivity contribution in [3.8, 4) is 0 Å². The van der Waals surface area contributed by atoms with E-state index < -0.39 is 0 Å². The Balaban J connectivity index is 1.32. The summed E-state index contributed by atoms with van der Waals surface area (Å²) in [5, 5.41) is 11.7. The smallest absolute Gasteiger partial charge is 0.319 e. The molecular formula is C22H34ClN9O. The van der Waals surface area contributed by atoms with Crippen molar-refractivity contribution in [1.82, 2.24) is 34.4 Å². The minimum atomic E-state index is 0.101. The third-order valence-electron chi connectivity index (χ3n) is 6.39. The van der Waals surface area contributed by atoms with Crippen LogP contribution < -0.4 is 10.6 Å². The molecule has 0 spiro atoms. The number of rotatable bonds is 8. The van der Waals surface area contributed by atoms with E-state index in [2.05, 4.69) is 37.2 Å². The average molecular weight is 476 g/mol. The van der Waals surface area contributed by atoms with E-state index in [0.717, 1.165) is 63.2 Å². The molecule has 0 unspecified atom stereocenters. The van der Waals surface area contributed by atoms with Crippen LogP contribution in [0.4, 0.5) is 22.2 Å². The van der Waals surface area contributed by atoms with Gasteiger partial charge in [0.2, 0.25) is 5.95 Å². The van der Waals surface area contributed by atoms with Gasteiger partial charge in [0.1, 0.15) is 10.8 Å². The van der Waals surface area contributed by atoms with E-state index in [-0.39, 0.29) is 6.03 Å². The summed E-state index contributed by atoms with van der Waals surface area (Å²) >= 11 is 6.31. The van der Waals surface area contributed by atoms with Gasteiger partial charge >= 0.3 is 6.03 Å². The van der Waals surface area contributed by atoms with Gasteiger partial charge in [-0.1, -0.05) is 11.6 Å². The molecule has 0 radical (unpaired) electrons. The fourth-order valence-electron chi connectivity index (χ4n) is 4.34. The van der Waals surface area contributed by atoms with Gasteiger partial charge in [0, 0.05) is 39.4 Å². The Morgan fingerprint density at radius 2 is 1.97 bits per heavy atom. The Hall–Kier alpha value is -2.59. The Kier molecular flexibility index (Phi) is 7.54. The molecule has 2 saturated heterocycles. The molecule has 4 heterocycles. The lowest BCUT2D eigenvalue weighted by molar-refractivity contribution is 0.141. The summed E-state index contributed by atoms with van der Waals surface area (Å²) < 4.78 is 2.07. The van der Waals surface area contributed by atoms with E-state index >= 15 is 0 Å². The monoisotopic (exact) mass is 475 g/mol. The molecule has 10 nitrogen and oxygen atoms in total. The Morgan fingerprint density at radius 3 is 2.76 bits per heavy atom. The number of piperidine rings is 1. The third kappa shape index (κ3) is 5.86. The summed E-state index contributed by atoms with van der Waals surface area (Å²) in [5.74, 6) is 1.05. The molecule has 0 aromatic carbocycles. The number of anilines is 3. The second-order valence-corrected chi connectivity index (χ2v) is 9.39. The number of nitrogens with one attached hydrogen (secondary N) is 2. The minimum absolute atomic E-state index is 0.101. The van der Waals surface area contributed by atoms with Gasteiger partial charge in [0.05, 0.1) is 23.6 Å². The summed E-state index contributed by atoms with van der Waals surface area (Å²) in [6.45, 7) is 7.18. The molecule has 2 N–H and O–H groups in total. The van der Waals surface area contributed by atoms with Crippen LogP contribution in [-0.2, 0) is 0 Å². The summed E-state index contributed by atoms with van der Waals surface area (Å²) in [5.41, 5.74) is 1.81. The van der Waals surface area contributed by atoms with Crippen LogP contribution in [0.2, 0.25) is 5.02 Å². The van der Waals surface area contributed by atoms with Gasteiger partial charge in [-0.2, -0.15) is 10.1 Å². The predicted octanol–water partition coefficient (Wildman–Crippen LogP) is 3.20. The van der Waals surface area contributed by atoms with E-state index in [4.69, 9.17) is 16.7 Å². The minimum Gasteiger partial charge on any atom is -0.369 e. The second kappa shape index (κ2) is 10.6. The first-order valence-electron chi connectivity index (χ1n) is 11.7. The first-order chi connectivity index (χ1) is 15.9. The predicted molar refractivity (Wildman–Crippen MR) is 130 cm³/mol. The van der Waals surface area contributed by atoms with Crippen LogP contribution in [0.3, 0.4) is 0 Å². The van der Waals surface area contributed by atoms with Crippen LogP contribution in [0.5, 0.6) is 0 Å². The highest BCUT2D eigenvalue weighted by atomic mass is 35.5. The summed E-state index contributed by atoms with van der Waals surface area (Å²) in [4.78, 5) is 27.1.